The quantitative estimate of drug-likeness (QED) is 0.688. The van der Waals surface area contributed by atoms with E-state index in [1.807, 2.05) is 6.07 Å². The van der Waals surface area contributed by atoms with Gasteiger partial charge in [0.1, 0.15) is 12.4 Å². The molecule has 0 saturated carbocycles. The summed E-state index contributed by atoms with van der Waals surface area (Å²) in [6.07, 6.45) is 3.04. The zero-order valence-corrected chi connectivity index (χ0v) is 8.03. The molecule has 0 amide bonds. The summed E-state index contributed by atoms with van der Waals surface area (Å²) in [7, 11) is 1.57. The number of aromatic nitrogens is 4. The van der Waals surface area contributed by atoms with Crippen molar-refractivity contribution in [1.82, 2.24) is 14.9 Å². The van der Waals surface area contributed by atoms with Gasteiger partial charge in [-0.1, -0.05) is 6.07 Å². The number of aryl methyl sites for hydroxylation is 1. The molecule has 0 unspecified atom stereocenters. The first-order valence-corrected chi connectivity index (χ1v) is 4.29. The van der Waals surface area contributed by atoms with Crippen LogP contribution in [0.15, 0.2) is 30.6 Å². The summed E-state index contributed by atoms with van der Waals surface area (Å²) in [5.74, 6) is -0.430. The van der Waals surface area contributed by atoms with E-state index in [0.29, 0.717) is 5.82 Å². The van der Waals surface area contributed by atoms with Crippen molar-refractivity contribution < 1.29 is 14.6 Å². The molecule has 0 bridgehead atoms. The predicted molar refractivity (Wildman–Crippen MR) is 49.5 cm³/mol. The van der Waals surface area contributed by atoms with Gasteiger partial charge in [0.15, 0.2) is 0 Å². The first-order valence-electron chi connectivity index (χ1n) is 4.29. The number of carboxylic acid groups (broad SMARTS) is 1. The first kappa shape index (κ1) is 9.32. The third-order valence-electron chi connectivity index (χ3n) is 1.93. The van der Waals surface area contributed by atoms with E-state index in [1.165, 1.54) is 15.6 Å². The SMILES string of the molecule is Cn1n[n+](-c2ccccn2)cc1C(=O)O. The van der Waals surface area contributed by atoms with E-state index in [-0.39, 0.29) is 5.69 Å². The zero-order chi connectivity index (χ0) is 10.8. The molecule has 15 heavy (non-hydrogen) atoms. The Bertz CT molecular complexity index is 492. The predicted octanol–water partition coefficient (Wildman–Crippen LogP) is -0.210. The molecule has 0 aliphatic carbocycles. The maximum atomic E-state index is 10.8. The second kappa shape index (κ2) is 3.49. The molecular weight excluding hydrogens is 196 g/mol. The lowest BCUT2D eigenvalue weighted by molar-refractivity contribution is -0.665. The third-order valence-corrected chi connectivity index (χ3v) is 1.93. The molecule has 0 spiro atoms. The number of nitrogens with zero attached hydrogens (tertiary/aromatic N) is 4. The Morgan fingerprint density at radius 1 is 1.53 bits per heavy atom. The van der Waals surface area contributed by atoms with E-state index in [9.17, 15) is 4.79 Å². The van der Waals surface area contributed by atoms with Crippen LogP contribution in [-0.4, -0.2) is 26.0 Å². The summed E-state index contributed by atoms with van der Waals surface area (Å²) in [6.45, 7) is 0. The lowest BCUT2D eigenvalue weighted by Gasteiger charge is -1.86. The Hall–Kier alpha value is -2.24. The second-order valence-corrected chi connectivity index (χ2v) is 2.97. The lowest BCUT2D eigenvalue weighted by atomic mass is 10.4. The molecule has 76 valence electrons. The summed E-state index contributed by atoms with van der Waals surface area (Å²) >= 11 is 0. The van der Waals surface area contributed by atoms with Crippen molar-refractivity contribution in [3.63, 3.8) is 0 Å². The molecule has 2 aromatic rings. The molecule has 0 aromatic carbocycles. The number of aromatic carboxylic acids is 1. The molecule has 2 aromatic heterocycles. The van der Waals surface area contributed by atoms with Crippen LogP contribution in [0.1, 0.15) is 10.5 Å². The van der Waals surface area contributed by atoms with Gasteiger partial charge in [-0.25, -0.2) is 4.79 Å². The summed E-state index contributed by atoms with van der Waals surface area (Å²) in [4.78, 5) is 14.8. The van der Waals surface area contributed by atoms with Gasteiger partial charge in [0.2, 0.25) is 5.69 Å². The van der Waals surface area contributed by atoms with Crippen LogP contribution in [0.2, 0.25) is 0 Å². The summed E-state index contributed by atoms with van der Waals surface area (Å²) in [5, 5.41) is 12.8. The van der Waals surface area contributed by atoms with Gasteiger partial charge in [-0.2, -0.15) is 4.68 Å². The van der Waals surface area contributed by atoms with Crippen molar-refractivity contribution in [2.24, 2.45) is 7.05 Å². The van der Waals surface area contributed by atoms with Crippen LogP contribution in [0.5, 0.6) is 0 Å². The average molecular weight is 205 g/mol. The van der Waals surface area contributed by atoms with E-state index < -0.39 is 5.97 Å². The smallest absolute Gasteiger partial charge is 0.373 e. The Labute approximate surface area is 85.4 Å². The van der Waals surface area contributed by atoms with Gasteiger partial charge in [-0.05, 0) is 6.07 Å². The zero-order valence-electron chi connectivity index (χ0n) is 8.03. The summed E-state index contributed by atoms with van der Waals surface area (Å²) in [5.41, 5.74) is 0.112. The Morgan fingerprint density at radius 3 is 2.87 bits per heavy atom. The van der Waals surface area contributed by atoms with Gasteiger partial charge in [0, 0.05) is 11.3 Å². The molecule has 6 heteroatoms. The van der Waals surface area contributed by atoms with Crippen molar-refractivity contribution in [2.45, 2.75) is 0 Å². The fourth-order valence-corrected chi connectivity index (χ4v) is 1.21. The van der Waals surface area contributed by atoms with Crippen LogP contribution < -0.4 is 4.68 Å². The van der Waals surface area contributed by atoms with Gasteiger partial charge in [0.25, 0.3) is 5.82 Å². The number of pyridine rings is 1. The minimum absolute atomic E-state index is 0.112. The van der Waals surface area contributed by atoms with Crippen LogP contribution in [0.25, 0.3) is 5.82 Å². The largest absolute Gasteiger partial charge is 0.475 e. The number of carbonyl (C=O) groups is 1. The van der Waals surface area contributed by atoms with Crippen LogP contribution in [0.3, 0.4) is 0 Å². The monoisotopic (exact) mass is 205 g/mol. The number of rotatable bonds is 2. The van der Waals surface area contributed by atoms with Crippen molar-refractivity contribution >= 4 is 5.97 Å². The van der Waals surface area contributed by atoms with Gasteiger partial charge >= 0.3 is 5.97 Å². The van der Waals surface area contributed by atoms with Crippen LogP contribution >= 0.6 is 0 Å². The minimum atomic E-state index is -1.01. The van der Waals surface area contributed by atoms with Crippen LogP contribution in [0.4, 0.5) is 0 Å². The average Bonchev–Trinajstić information content (AvgIpc) is 2.62. The molecule has 6 nitrogen and oxygen atoms in total. The van der Waals surface area contributed by atoms with Crippen molar-refractivity contribution in [1.29, 1.82) is 0 Å². The molecule has 0 aliphatic rings. The number of hydrogen-bond acceptors (Lipinski definition) is 3. The highest BCUT2D eigenvalue weighted by Crippen LogP contribution is 1.95. The minimum Gasteiger partial charge on any atom is -0.475 e. The molecule has 2 heterocycles. The van der Waals surface area contributed by atoms with Gasteiger partial charge in [-0.15, -0.1) is 9.67 Å². The lowest BCUT2D eigenvalue weighted by Crippen LogP contribution is -2.34. The molecule has 0 radical (unpaired) electrons. The number of carboxylic acids is 1. The maximum Gasteiger partial charge on any atom is 0.373 e. The van der Waals surface area contributed by atoms with E-state index in [0.717, 1.165) is 0 Å². The van der Waals surface area contributed by atoms with Crippen molar-refractivity contribution in [3.8, 4) is 5.82 Å². The molecule has 1 N–H and O–H groups in total. The van der Waals surface area contributed by atoms with E-state index in [1.54, 1.807) is 25.4 Å². The number of hydrogen-bond donors (Lipinski definition) is 1. The Kier molecular flexibility index (Phi) is 2.17. The van der Waals surface area contributed by atoms with Crippen molar-refractivity contribution in [3.05, 3.63) is 36.3 Å². The molecule has 2 rings (SSSR count). The van der Waals surface area contributed by atoms with Crippen molar-refractivity contribution in [2.75, 3.05) is 0 Å². The van der Waals surface area contributed by atoms with Gasteiger partial charge < -0.3 is 5.11 Å². The third kappa shape index (κ3) is 1.69. The molecule has 0 aliphatic heterocycles. The molecular formula is C9H9N4O2+. The molecule has 0 saturated heterocycles. The van der Waals surface area contributed by atoms with Gasteiger partial charge in [0.05, 0.1) is 7.05 Å². The van der Waals surface area contributed by atoms with E-state index in [2.05, 4.69) is 10.2 Å². The topological polar surface area (TPSA) is 71.9 Å². The van der Waals surface area contributed by atoms with Crippen LogP contribution in [0, 0.1) is 0 Å². The summed E-state index contributed by atoms with van der Waals surface area (Å²) in [6, 6.07) is 5.34. The summed E-state index contributed by atoms with van der Waals surface area (Å²) < 4.78 is 2.71. The highest BCUT2D eigenvalue weighted by atomic mass is 16.4. The highest BCUT2D eigenvalue weighted by Gasteiger charge is 2.18. The normalized spacial score (nSPS) is 10.2. The van der Waals surface area contributed by atoms with E-state index in [4.69, 9.17) is 5.11 Å². The Balaban J connectivity index is 2.48. The van der Waals surface area contributed by atoms with E-state index >= 15 is 0 Å². The maximum absolute atomic E-state index is 10.8. The van der Waals surface area contributed by atoms with Gasteiger partial charge in [-0.3, -0.25) is 0 Å². The molecule has 0 fully saturated rings. The standard InChI is InChI=1S/C9H8N4O2/c1-12-7(9(14)15)6-13(11-12)8-4-2-3-5-10-8/h2-6H,1H3/p+1. The first-order chi connectivity index (χ1) is 7.18. The molecule has 0 atom stereocenters. The highest BCUT2D eigenvalue weighted by molar-refractivity contribution is 5.84. The Morgan fingerprint density at radius 2 is 2.33 bits per heavy atom. The fraction of sp³-hybridized carbons (Fsp3) is 0.111. The van der Waals surface area contributed by atoms with Crippen LogP contribution in [-0.2, 0) is 7.05 Å². The fourth-order valence-electron chi connectivity index (χ4n) is 1.21. The second-order valence-electron chi connectivity index (χ2n) is 2.97.